The molecule has 1 fully saturated rings. The number of rotatable bonds is 3. The zero-order chi connectivity index (χ0) is 12.1. The van der Waals surface area contributed by atoms with Crippen LogP contribution >= 0.6 is 0 Å². The van der Waals surface area contributed by atoms with E-state index in [9.17, 15) is 4.79 Å². The second-order valence-corrected chi connectivity index (χ2v) is 3.22. The number of likely N-dealkylation sites (tertiary alicyclic amines) is 1. The van der Waals surface area contributed by atoms with Crippen LogP contribution in [-0.4, -0.2) is 38.0 Å². The summed E-state index contributed by atoms with van der Waals surface area (Å²) < 4.78 is 0. The summed E-state index contributed by atoms with van der Waals surface area (Å²) in [6.07, 6.45) is 3.04. The number of hydrogen-bond donors (Lipinski definition) is 0. The predicted octanol–water partition coefficient (Wildman–Crippen LogP) is 2.91. The van der Waals surface area contributed by atoms with Crippen molar-refractivity contribution in [3.05, 3.63) is 5.32 Å². The fraction of sp³-hybridized carbons (Fsp3) is 0.917. The van der Waals surface area contributed by atoms with Crippen LogP contribution in [0, 0.1) is 5.92 Å². The molecule has 0 bridgehead atoms. The maximum atomic E-state index is 9.93. The first-order valence-corrected chi connectivity index (χ1v) is 6.11. The van der Waals surface area contributed by atoms with Crippen molar-refractivity contribution in [3.63, 3.8) is 0 Å². The number of carbonyl (C=O) groups excluding carboxylic acids is 1. The topological polar surface area (TPSA) is 34.4 Å². The molecule has 1 aliphatic rings. The van der Waals surface area contributed by atoms with Crippen molar-refractivity contribution >= 4 is 6.41 Å². The van der Waals surface area contributed by atoms with Crippen molar-refractivity contribution in [1.29, 1.82) is 0 Å². The minimum absolute atomic E-state index is 0. The molecule has 16 heavy (non-hydrogen) atoms. The molecule has 1 aliphatic heterocycles. The Morgan fingerprint density at radius 2 is 1.62 bits per heavy atom. The molecule has 0 atom stereocenters. The minimum atomic E-state index is 0. The Hall–Kier alpha value is 0.534. The third-order valence-electron chi connectivity index (χ3n) is 2.28. The first-order chi connectivity index (χ1) is 7.33. The second kappa shape index (κ2) is 17.9. The molecule has 0 aliphatic carbocycles. The van der Waals surface area contributed by atoms with Crippen molar-refractivity contribution in [2.45, 2.75) is 40.5 Å². The zero-order valence-corrected chi connectivity index (χ0v) is 14.4. The summed E-state index contributed by atoms with van der Waals surface area (Å²) in [5.41, 5.74) is 0. The first-order valence-electron chi connectivity index (χ1n) is 6.11. The van der Waals surface area contributed by atoms with E-state index in [2.05, 4.69) is 17.3 Å². The van der Waals surface area contributed by atoms with Gasteiger partial charge in [-0.3, -0.25) is 0 Å². The average Bonchev–Trinajstić information content (AvgIpc) is 2.34. The minimum Gasteiger partial charge on any atom is -0.656 e. The normalized spacial score (nSPS) is 15.6. The van der Waals surface area contributed by atoms with Gasteiger partial charge < -0.3 is 15.0 Å². The molecule has 1 radical (unpaired) electrons. The molecule has 0 saturated carbocycles. The molecule has 1 heterocycles. The first kappa shape index (κ1) is 21.8. The predicted molar refractivity (Wildman–Crippen MR) is 67.2 cm³/mol. The Morgan fingerprint density at radius 1 is 1.19 bits per heavy atom. The molecular formula is C12H27N2OY-. The molecule has 0 aromatic heterocycles. The largest absolute Gasteiger partial charge is 0.656 e. The van der Waals surface area contributed by atoms with Crippen LogP contribution in [0.2, 0.25) is 0 Å². The summed E-state index contributed by atoms with van der Waals surface area (Å²) in [6, 6.07) is 0. The van der Waals surface area contributed by atoms with Gasteiger partial charge in [0.2, 0.25) is 0 Å². The SMILES string of the molecule is CC.CC.CN1CCC(C[N-]C=O)CC1.[Y]. The molecule has 1 saturated heterocycles. The van der Waals surface area contributed by atoms with Gasteiger partial charge in [0.1, 0.15) is 0 Å². The number of nitrogens with zero attached hydrogens (tertiary/aromatic N) is 2. The fourth-order valence-electron chi connectivity index (χ4n) is 1.44. The summed E-state index contributed by atoms with van der Waals surface area (Å²) in [6.45, 7) is 11.0. The maximum Gasteiger partial charge on any atom is 0.0368 e. The van der Waals surface area contributed by atoms with Crippen molar-refractivity contribution in [1.82, 2.24) is 4.90 Å². The van der Waals surface area contributed by atoms with Gasteiger partial charge in [0.05, 0.1) is 0 Å². The third-order valence-corrected chi connectivity index (χ3v) is 2.28. The van der Waals surface area contributed by atoms with Crippen LogP contribution in [0.25, 0.3) is 5.32 Å². The van der Waals surface area contributed by atoms with Gasteiger partial charge in [0.25, 0.3) is 0 Å². The number of piperidine rings is 1. The van der Waals surface area contributed by atoms with Gasteiger partial charge in [0.15, 0.2) is 0 Å². The number of carbonyl (C=O) groups is 1. The Balaban J connectivity index is -0.000000305. The Morgan fingerprint density at radius 3 is 2.00 bits per heavy atom. The van der Waals surface area contributed by atoms with Gasteiger partial charge in [-0.05, 0) is 33.0 Å². The summed E-state index contributed by atoms with van der Waals surface area (Å²) in [5.74, 6) is 0.649. The standard InChI is InChI=1S/C8H16N2O.2C2H6.Y/c1-10-4-2-8(3-5-10)6-9-7-11;2*1-2;/h7-8H,2-6H2,1H3,(H,9,11);2*1-2H3;/p-1. The third kappa shape index (κ3) is 12.6. The zero-order valence-electron chi connectivity index (χ0n) is 11.6. The summed E-state index contributed by atoms with van der Waals surface area (Å²) in [5, 5.41) is 3.72. The van der Waals surface area contributed by atoms with E-state index in [0.717, 1.165) is 19.6 Å². The van der Waals surface area contributed by atoms with E-state index >= 15 is 0 Å². The van der Waals surface area contributed by atoms with Gasteiger partial charge in [-0.25, -0.2) is 0 Å². The van der Waals surface area contributed by atoms with Crippen molar-refractivity contribution in [3.8, 4) is 0 Å². The number of amides is 1. The molecule has 4 heteroatoms. The Bertz CT molecular complexity index is 126. The fourth-order valence-corrected chi connectivity index (χ4v) is 1.44. The van der Waals surface area contributed by atoms with Gasteiger partial charge in [-0.2, -0.15) is 0 Å². The molecule has 0 aromatic rings. The van der Waals surface area contributed by atoms with E-state index in [1.54, 1.807) is 0 Å². The van der Waals surface area contributed by atoms with Crippen molar-refractivity contribution in [2.75, 3.05) is 26.7 Å². The van der Waals surface area contributed by atoms with Gasteiger partial charge in [0, 0.05) is 39.1 Å². The van der Waals surface area contributed by atoms with Crippen LogP contribution in [0.3, 0.4) is 0 Å². The van der Waals surface area contributed by atoms with Crippen LogP contribution in [0.1, 0.15) is 40.5 Å². The average molecular weight is 304 g/mol. The molecular weight excluding hydrogens is 277 g/mol. The molecule has 1 amide bonds. The Kier molecular flexibility index (Phi) is 24.4. The molecule has 0 N–H and O–H groups in total. The maximum absolute atomic E-state index is 9.93. The Labute approximate surface area is 127 Å². The van der Waals surface area contributed by atoms with Crippen molar-refractivity contribution < 1.29 is 37.5 Å². The summed E-state index contributed by atoms with van der Waals surface area (Å²) in [7, 11) is 2.13. The van der Waals surface area contributed by atoms with Gasteiger partial charge >= 0.3 is 0 Å². The van der Waals surface area contributed by atoms with E-state index in [1.165, 1.54) is 12.8 Å². The summed E-state index contributed by atoms with van der Waals surface area (Å²) in [4.78, 5) is 12.3. The van der Waals surface area contributed by atoms with Crippen LogP contribution in [-0.2, 0) is 37.5 Å². The molecule has 95 valence electrons. The smallest absolute Gasteiger partial charge is 0.0368 e. The second-order valence-electron chi connectivity index (χ2n) is 3.22. The molecule has 1 rings (SSSR count). The quantitative estimate of drug-likeness (QED) is 0.751. The van der Waals surface area contributed by atoms with E-state index < -0.39 is 0 Å². The monoisotopic (exact) mass is 304 g/mol. The molecule has 0 aromatic carbocycles. The van der Waals surface area contributed by atoms with E-state index in [4.69, 9.17) is 0 Å². The number of hydrogen-bond acceptors (Lipinski definition) is 2. The van der Waals surface area contributed by atoms with Crippen LogP contribution in [0.15, 0.2) is 0 Å². The van der Waals surface area contributed by atoms with Crippen LogP contribution in [0.5, 0.6) is 0 Å². The molecule has 0 spiro atoms. The molecule has 0 unspecified atom stereocenters. The van der Waals surface area contributed by atoms with Crippen LogP contribution < -0.4 is 0 Å². The van der Waals surface area contributed by atoms with Gasteiger partial charge in [-0.15, -0.1) is 6.54 Å². The van der Waals surface area contributed by atoms with E-state index in [-0.39, 0.29) is 32.7 Å². The summed E-state index contributed by atoms with van der Waals surface area (Å²) >= 11 is 0. The van der Waals surface area contributed by atoms with Crippen LogP contribution in [0.4, 0.5) is 0 Å². The van der Waals surface area contributed by atoms with Crippen molar-refractivity contribution in [2.24, 2.45) is 5.92 Å². The van der Waals surface area contributed by atoms with Gasteiger partial charge in [-0.1, -0.05) is 33.6 Å². The van der Waals surface area contributed by atoms with E-state index in [0.29, 0.717) is 12.3 Å². The van der Waals surface area contributed by atoms with E-state index in [1.807, 2.05) is 27.7 Å². The molecule has 3 nitrogen and oxygen atoms in total.